The second kappa shape index (κ2) is 7.92. The molecule has 0 radical (unpaired) electrons. The Morgan fingerprint density at radius 3 is 2.64 bits per heavy atom. The van der Waals surface area contributed by atoms with Crippen molar-refractivity contribution in [1.82, 2.24) is 5.32 Å². The molecule has 0 heterocycles. The van der Waals surface area contributed by atoms with Gasteiger partial charge in [0.25, 0.3) is 0 Å². The number of methoxy groups -OCH3 is 2. The van der Waals surface area contributed by atoms with E-state index in [1.807, 2.05) is 42.5 Å². The Kier molecular flexibility index (Phi) is 5.43. The number of rotatable bonds is 5. The van der Waals surface area contributed by atoms with Gasteiger partial charge in [-0.1, -0.05) is 36.4 Å². The molecule has 1 unspecified atom stereocenters. The SMILES string of the molecule is COc1ccc2c(c1OC)CCC(NC(=O)OCc1ccccc1)C2. The van der Waals surface area contributed by atoms with Crippen LogP contribution in [0.25, 0.3) is 0 Å². The first kappa shape index (κ1) is 17.1. The minimum atomic E-state index is -0.377. The predicted molar refractivity (Wildman–Crippen MR) is 95.1 cm³/mol. The predicted octanol–water partition coefficient (Wildman–Crippen LogP) is 3.49. The smallest absolute Gasteiger partial charge is 0.407 e. The van der Waals surface area contributed by atoms with Crippen LogP contribution in [-0.4, -0.2) is 26.4 Å². The number of nitrogens with one attached hydrogen (secondary N) is 1. The van der Waals surface area contributed by atoms with E-state index in [2.05, 4.69) is 5.32 Å². The van der Waals surface area contributed by atoms with Crippen molar-refractivity contribution < 1.29 is 19.0 Å². The topological polar surface area (TPSA) is 56.8 Å². The first-order valence-electron chi connectivity index (χ1n) is 8.41. The van der Waals surface area contributed by atoms with Gasteiger partial charge in [0.2, 0.25) is 0 Å². The Morgan fingerprint density at radius 2 is 1.92 bits per heavy atom. The van der Waals surface area contributed by atoms with Crippen molar-refractivity contribution in [2.45, 2.75) is 31.9 Å². The van der Waals surface area contributed by atoms with Crippen LogP contribution in [0.4, 0.5) is 4.79 Å². The Labute approximate surface area is 147 Å². The highest BCUT2D eigenvalue weighted by molar-refractivity contribution is 5.68. The van der Waals surface area contributed by atoms with E-state index in [0.717, 1.165) is 41.9 Å². The third-order valence-corrected chi connectivity index (χ3v) is 4.49. The molecule has 0 bridgehead atoms. The van der Waals surface area contributed by atoms with E-state index in [-0.39, 0.29) is 18.7 Å². The fourth-order valence-electron chi connectivity index (χ4n) is 3.24. The molecule has 5 heteroatoms. The Balaban J connectivity index is 1.58. The third kappa shape index (κ3) is 4.05. The molecule has 2 aromatic rings. The van der Waals surface area contributed by atoms with Crippen LogP contribution < -0.4 is 14.8 Å². The highest BCUT2D eigenvalue weighted by Gasteiger charge is 2.24. The maximum Gasteiger partial charge on any atom is 0.407 e. The van der Waals surface area contributed by atoms with Crippen LogP contribution in [0.15, 0.2) is 42.5 Å². The summed E-state index contributed by atoms with van der Waals surface area (Å²) in [5.74, 6) is 1.54. The number of carbonyl (C=O) groups excluding carboxylic acids is 1. The van der Waals surface area contributed by atoms with Crippen LogP contribution in [0, 0.1) is 0 Å². The molecule has 3 rings (SSSR count). The van der Waals surface area contributed by atoms with Gasteiger partial charge in [0.05, 0.1) is 14.2 Å². The molecule has 1 amide bonds. The molecule has 1 aliphatic carbocycles. The lowest BCUT2D eigenvalue weighted by Crippen LogP contribution is -2.39. The van der Waals surface area contributed by atoms with Gasteiger partial charge in [0.1, 0.15) is 6.61 Å². The second-order valence-corrected chi connectivity index (χ2v) is 6.08. The number of amides is 1. The van der Waals surface area contributed by atoms with Crippen molar-refractivity contribution in [1.29, 1.82) is 0 Å². The summed E-state index contributed by atoms with van der Waals surface area (Å²) in [6, 6.07) is 13.7. The first-order chi connectivity index (χ1) is 12.2. The highest BCUT2D eigenvalue weighted by atomic mass is 16.5. The molecule has 0 aliphatic heterocycles. The zero-order valence-electron chi connectivity index (χ0n) is 14.6. The van der Waals surface area contributed by atoms with E-state index in [4.69, 9.17) is 14.2 Å². The number of hydrogen-bond acceptors (Lipinski definition) is 4. The number of benzene rings is 2. The van der Waals surface area contributed by atoms with Crippen LogP contribution in [0.3, 0.4) is 0 Å². The van der Waals surface area contributed by atoms with Crippen LogP contribution in [0.5, 0.6) is 11.5 Å². The largest absolute Gasteiger partial charge is 0.493 e. The lowest BCUT2D eigenvalue weighted by molar-refractivity contribution is 0.134. The molecule has 0 saturated carbocycles. The summed E-state index contributed by atoms with van der Waals surface area (Å²) in [7, 11) is 3.30. The third-order valence-electron chi connectivity index (χ3n) is 4.49. The van der Waals surface area contributed by atoms with Gasteiger partial charge in [-0.15, -0.1) is 0 Å². The lowest BCUT2D eigenvalue weighted by atomic mass is 9.87. The number of carbonyl (C=O) groups is 1. The van der Waals surface area contributed by atoms with Crippen LogP contribution in [-0.2, 0) is 24.2 Å². The van der Waals surface area contributed by atoms with Crippen molar-refractivity contribution in [2.75, 3.05) is 14.2 Å². The fourth-order valence-corrected chi connectivity index (χ4v) is 3.24. The first-order valence-corrected chi connectivity index (χ1v) is 8.41. The normalized spacial score (nSPS) is 15.8. The van der Waals surface area contributed by atoms with Crippen molar-refractivity contribution in [2.24, 2.45) is 0 Å². The van der Waals surface area contributed by atoms with Crippen LogP contribution >= 0.6 is 0 Å². The van der Waals surface area contributed by atoms with Crippen LogP contribution in [0.2, 0.25) is 0 Å². The van der Waals surface area contributed by atoms with Gasteiger partial charge in [0, 0.05) is 11.6 Å². The van der Waals surface area contributed by atoms with Gasteiger partial charge in [-0.05, 0) is 36.5 Å². The second-order valence-electron chi connectivity index (χ2n) is 6.08. The van der Waals surface area contributed by atoms with E-state index in [1.165, 1.54) is 5.56 Å². The number of alkyl carbamates (subject to hydrolysis) is 1. The summed E-state index contributed by atoms with van der Waals surface area (Å²) in [6.07, 6.45) is 2.06. The van der Waals surface area contributed by atoms with E-state index < -0.39 is 0 Å². The summed E-state index contributed by atoms with van der Waals surface area (Å²) in [5, 5.41) is 2.96. The van der Waals surface area contributed by atoms with E-state index in [1.54, 1.807) is 14.2 Å². The molecule has 0 fully saturated rings. The molecular formula is C20H23NO4. The van der Waals surface area contributed by atoms with E-state index in [0.29, 0.717) is 0 Å². The number of hydrogen-bond donors (Lipinski definition) is 1. The summed E-state index contributed by atoms with van der Waals surface area (Å²) in [6.45, 7) is 0.279. The monoisotopic (exact) mass is 341 g/mol. The molecule has 1 atom stereocenters. The maximum absolute atomic E-state index is 12.0. The molecular weight excluding hydrogens is 318 g/mol. The van der Waals surface area contributed by atoms with Gasteiger partial charge in [-0.3, -0.25) is 0 Å². The molecule has 132 valence electrons. The maximum atomic E-state index is 12.0. The van der Waals surface area contributed by atoms with Crippen molar-refractivity contribution in [3.8, 4) is 11.5 Å². The molecule has 25 heavy (non-hydrogen) atoms. The van der Waals surface area contributed by atoms with Gasteiger partial charge in [0.15, 0.2) is 11.5 Å². The number of fused-ring (bicyclic) bond motifs is 1. The van der Waals surface area contributed by atoms with Gasteiger partial charge in [-0.25, -0.2) is 4.79 Å². The van der Waals surface area contributed by atoms with Crippen molar-refractivity contribution >= 4 is 6.09 Å². The molecule has 1 N–H and O–H groups in total. The standard InChI is InChI=1S/C20H23NO4/c1-23-18-11-8-15-12-16(9-10-17(15)19(18)24-2)21-20(22)25-13-14-6-4-3-5-7-14/h3-8,11,16H,9-10,12-13H2,1-2H3,(H,21,22). The Bertz CT molecular complexity index is 730. The van der Waals surface area contributed by atoms with Crippen LogP contribution in [0.1, 0.15) is 23.1 Å². The zero-order chi connectivity index (χ0) is 17.6. The average molecular weight is 341 g/mol. The molecule has 5 nitrogen and oxygen atoms in total. The minimum absolute atomic E-state index is 0.0638. The summed E-state index contributed by atoms with van der Waals surface area (Å²) < 4.78 is 16.2. The summed E-state index contributed by atoms with van der Waals surface area (Å²) >= 11 is 0. The van der Waals surface area contributed by atoms with Gasteiger partial charge < -0.3 is 19.5 Å². The van der Waals surface area contributed by atoms with Gasteiger partial charge >= 0.3 is 6.09 Å². The lowest BCUT2D eigenvalue weighted by Gasteiger charge is -2.27. The Morgan fingerprint density at radius 1 is 1.12 bits per heavy atom. The molecule has 0 saturated heterocycles. The number of ether oxygens (including phenoxy) is 3. The fraction of sp³-hybridized carbons (Fsp3) is 0.350. The van der Waals surface area contributed by atoms with Crippen molar-refractivity contribution in [3.05, 3.63) is 59.2 Å². The van der Waals surface area contributed by atoms with E-state index in [9.17, 15) is 4.79 Å². The van der Waals surface area contributed by atoms with Crippen molar-refractivity contribution in [3.63, 3.8) is 0 Å². The van der Waals surface area contributed by atoms with E-state index >= 15 is 0 Å². The molecule has 0 spiro atoms. The highest BCUT2D eigenvalue weighted by Crippen LogP contribution is 2.37. The summed E-state index contributed by atoms with van der Waals surface area (Å²) in [4.78, 5) is 12.0. The molecule has 2 aromatic carbocycles. The average Bonchev–Trinajstić information content (AvgIpc) is 2.66. The Hall–Kier alpha value is -2.69. The molecule has 1 aliphatic rings. The molecule has 0 aromatic heterocycles. The minimum Gasteiger partial charge on any atom is -0.493 e. The zero-order valence-corrected chi connectivity index (χ0v) is 14.6. The quantitative estimate of drug-likeness (QED) is 0.904. The summed E-state index contributed by atoms with van der Waals surface area (Å²) in [5.41, 5.74) is 3.32. The van der Waals surface area contributed by atoms with Gasteiger partial charge in [-0.2, -0.15) is 0 Å².